The predicted octanol–water partition coefficient (Wildman–Crippen LogP) is 1.90. The van der Waals surface area contributed by atoms with Crippen LogP contribution in [0, 0.1) is 10.1 Å². The number of nitro benzene ring substituents is 1. The van der Waals surface area contributed by atoms with Crippen LogP contribution in [0.5, 0.6) is 5.75 Å². The molecule has 0 bridgehead atoms. The second-order valence-electron chi connectivity index (χ2n) is 5.82. The Balaban J connectivity index is 1.82. The van der Waals surface area contributed by atoms with Crippen molar-refractivity contribution in [2.75, 3.05) is 31.2 Å². The number of morpholine rings is 1. The summed E-state index contributed by atoms with van der Waals surface area (Å²) in [4.78, 5) is 24.7. The second-order valence-corrected chi connectivity index (χ2v) is 5.82. The quantitative estimate of drug-likeness (QED) is 0.472. The summed E-state index contributed by atoms with van der Waals surface area (Å²) in [5, 5.41) is 24.7. The summed E-state index contributed by atoms with van der Waals surface area (Å²) in [7, 11) is 0. The van der Waals surface area contributed by atoms with Crippen molar-refractivity contribution in [1.82, 2.24) is 5.43 Å². The molecule has 9 heteroatoms. The first-order valence-electron chi connectivity index (χ1n) is 8.29. The number of hydrogen-bond acceptors (Lipinski definition) is 7. The van der Waals surface area contributed by atoms with Gasteiger partial charge in [-0.1, -0.05) is 12.1 Å². The number of non-ortho nitro benzene ring substituents is 1. The lowest BCUT2D eigenvalue weighted by Crippen LogP contribution is -2.36. The fraction of sp³-hybridized carbons (Fsp3) is 0.222. The normalized spacial score (nSPS) is 14.3. The molecule has 27 heavy (non-hydrogen) atoms. The zero-order chi connectivity index (χ0) is 19.2. The smallest absolute Gasteiger partial charge is 0.275 e. The minimum atomic E-state index is -0.581. The van der Waals surface area contributed by atoms with Crippen molar-refractivity contribution >= 4 is 23.5 Å². The third-order valence-electron chi connectivity index (χ3n) is 4.09. The van der Waals surface area contributed by atoms with Gasteiger partial charge in [0.05, 0.1) is 29.9 Å². The number of amides is 1. The summed E-state index contributed by atoms with van der Waals surface area (Å²) < 4.78 is 5.33. The Morgan fingerprint density at radius 1 is 1.26 bits per heavy atom. The number of para-hydroxylation sites is 1. The number of benzene rings is 2. The molecule has 1 aliphatic rings. The molecule has 1 aliphatic heterocycles. The number of carbonyl (C=O) groups excluding carboxylic acids is 1. The molecular weight excluding hydrogens is 352 g/mol. The van der Waals surface area contributed by atoms with E-state index in [1.807, 2.05) is 4.90 Å². The third-order valence-corrected chi connectivity index (χ3v) is 4.09. The molecule has 0 radical (unpaired) electrons. The highest BCUT2D eigenvalue weighted by molar-refractivity contribution is 5.97. The van der Waals surface area contributed by atoms with Crippen molar-refractivity contribution in [2.24, 2.45) is 5.10 Å². The zero-order valence-electron chi connectivity index (χ0n) is 14.4. The van der Waals surface area contributed by atoms with Gasteiger partial charge in [-0.3, -0.25) is 14.9 Å². The second kappa shape index (κ2) is 8.28. The molecule has 0 saturated carbocycles. The van der Waals surface area contributed by atoms with Gasteiger partial charge in [0.1, 0.15) is 5.75 Å². The van der Waals surface area contributed by atoms with E-state index in [2.05, 4.69) is 10.5 Å². The van der Waals surface area contributed by atoms with Crippen LogP contribution in [-0.4, -0.2) is 48.5 Å². The number of phenolic OH excluding ortho intramolecular Hbond substituents is 1. The van der Waals surface area contributed by atoms with Gasteiger partial charge in [-0.2, -0.15) is 5.10 Å². The van der Waals surface area contributed by atoms with Gasteiger partial charge in [0, 0.05) is 36.5 Å². The molecule has 0 atom stereocenters. The molecule has 2 aromatic rings. The molecule has 1 amide bonds. The Kier molecular flexibility index (Phi) is 5.62. The highest BCUT2D eigenvalue weighted by Gasteiger charge is 2.17. The molecule has 0 aliphatic carbocycles. The van der Waals surface area contributed by atoms with Crippen LogP contribution in [0.2, 0.25) is 0 Å². The number of anilines is 1. The molecule has 0 aromatic heterocycles. The van der Waals surface area contributed by atoms with Crippen molar-refractivity contribution in [1.29, 1.82) is 0 Å². The number of hydrogen-bond donors (Lipinski definition) is 2. The van der Waals surface area contributed by atoms with Crippen LogP contribution in [0.15, 0.2) is 47.6 Å². The van der Waals surface area contributed by atoms with Crippen LogP contribution in [0.4, 0.5) is 11.4 Å². The maximum Gasteiger partial charge on any atom is 0.275 e. The number of hydrazone groups is 1. The zero-order valence-corrected chi connectivity index (χ0v) is 14.4. The van der Waals surface area contributed by atoms with Gasteiger partial charge >= 0.3 is 0 Å². The maximum atomic E-state index is 12.1. The number of carbonyl (C=O) groups is 1. The van der Waals surface area contributed by atoms with Crippen LogP contribution < -0.4 is 10.3 Å². The van der Waals surface area contributed by atoms with Gasteiger partial charge in [-0.05, 0) is 18.2 Å². The average Bonchev–Trinajstić information content (AvgIpc) is 2.68. The summed E-state index contributed by atoms with van der Waals surface area (Å²) >= 11 is 0. The van der Waals surface area contributed by atoms with Gasteiger partial charge in [0.25, 0.3) is 11.6 Å². The first kappa shape index (κ1) is 18.3. The highest BCUT2D eigenvalue weighted by atomic mass is 16.6. The summed E-state index contributed by atoms with van der Waals surface area (Å²) in [6.45, 7) is 2.45. The Labute approximate surface area is 155 Å². The Bertz CT molecular complexity index is 878. The summed E-state index contributed by atoms with van der Waals surface area (Å²) in [6, 6.07) is 10.6. The fourth-order valence-electron chi connectivity index (χ4n) is 2.74. The average molecular weight is 370 g/mol. The number of nitro groups is 1. The lowest BCUT2D eigenvalue weighted by molar-refractivity contribution is -0.384. The molecule has 2 aromatic carbocycles. The van der Waals surface area contributed by atoms with Crippen LogP contribution in [0.3, 0.4) is 0 Å². The molecule has 1 saturated heterocycles. The van der Waals surface area contributed by atoms with Crippen LogP contribution >= 0.6 is 0 Å². The first-order valence-corrected chi connectivity index (χ1v) is 8.29. The number of phenols is 1. The van der Waals surface area contributed by atoms with E-state index in [0.717, 1.165) is 5.69 Å². The van der Waals surface area contributed by atoms with Gasteiger partial charge < -0.3 is 14.7 Å². The lowest BCUT2D eigenvalue weighted by atomic mass is 10.1. The van der Waals surface area contributed by atoms with E-state index in [9.17, 15) is 20.0 Å². The van der Waals surface area contributed by atoms with Crippen molar-refractivity contribution in [2.45, 2.75) is 0 Å². The topological polar surface area (TPSA) is 117 Å². The molecular formula is C18H18N4O5. The molecule has 2 N–H and O–H groups in total. The molecule has 3 rings (SSSR count). The number of ether oxygens (including phenoxy) is 1. The minimum Gasteiger partial charge on any atom is -0.507 e. The SMILES string of the molecule is O=C(NN=Cc1cc([N+](=O)[O-])ccc1N1CCOCC1)c1ccccc1O. The van der Waals surface area contributed by atoms with E-state index in [4.69, 9.17) is 4.74 Å². The van der Waals surface area contributed by atoms with Crippen LogP contribution in [-0.2, 0) is 4.74 Å². The number of aromatic hydroxyl groups is 1. The molecule has 0 spiro atoms. The number of rotatable bonds is 5. The van der Waals surface area contributed by atoms with E-state index in [1.165, 1.54) is 30.5 Å². The van der Waals surface area contributed by atoms with Gasteiger partial charge in [-0.15, -0.1) is 0 Å². The van der Waals surface area contributed by atoms with Gasteiger partial charge in [0.15, 0.2) is 0 Å². The largest absolute Gasteiger partial charge is 0.507 e. The standard InChI is InChI=1S/C18H18N4O5/c23-17-4-2-1-3-15(17)18(24)20-19-12-13-11-14(22(25)26)5-6-16(13)21-7-9-27-10-8-21/h1-6,11-12,23H,7-10H2,(H,20,24). The molecule has 1 heterocycles. The molecule has 140 valence electrons. The fourth-order valence-corrected chi connectivity index (χ4v) is 2.74. The van der Waals surface area contributed by atoms with E-state index in [0.29, 0.717) is 31.9 Å². The lowest BCUT2D eigenvalue weighted by Gasteiger charge is -2.29. The summed E-state index contributed by atoms with van der Waals surface area (Å²) in [6.07, 6.45) is 1.36. The van der Waals surface area contributed by atoms with Crippen molar-refractivity contribution in [3.05, 3.63) is 63.7 Å². The van der Waals surface area contributed by atoms with Crippen LogP contribution in [0.25, 0.3) is 0 Å². The number of nitrogens with zero attached hydrogens (tertiary/aromatic N) is 3. The van der Waals surface area contributed by atoms with E-state index >= 15 is 0 Å². The summed E-state index contributed by atoms with van der Waals surface area (Å²) in [5.74, 6) is -0.739. The summed E-state index contributed by atoms with van der Waals surface area (Å²) in [5.41, 5.74) is 3.61. The highest BCUT2D eigenvalue weighted by Crippen LogP contribution is 2.25. The van der Waals surface area contributed by atoms with E-state index < -0.39 is 10.8 Å². The first-order chi connectivity index (χ1) is 13.1. The van der Waals surface area contributed by atoms with E-state index in [-0.39, 0.29) is 17.0 Å². The van der Waals surface area contributed by atoms with Gasteiger partial charge in [-0.25, -0.2) is 5.43 Å². The predicted molar refractivity (Wildman–Crippen MR) is 99.3 cm³/mol. The minimum absolute atomic E-state index is 0.0690. The van der Waals surface area contributed by atoms with Crippen molar-refractivity contribution in [3.8, 4) is 5.75 Å². The Hall–Kier alpha value is -3.46. The molecule has 0 unspecified atom stereocenters. The van der Waals surface area contributed by atoms with E-state index in [1.54, 1.807) is 18.2 Å². The molecule has 1 fully saturated rings. The van der Waals surface area contributed by atoms with Crippen molar-refractivity contribution < 1.29 is 19.6 Å². The van der Waals surface area contributed by atoms with Crippen LogP contribution in [0.1, 0.15) is 15.9 Å². The Morgan fingerprint density at radius 3 is 2.70 bits per heavy atom. The number of nitrogens with one attached hydrogen (secondary N) is 1. The third kappa shape index (κ3) is 4.39. The van der Waals surface area contributed by atoms with Crippen molar-refractivity contribution in [3.63, 3.8) is 0 Å². The monoisotopic (exact) mass is 370 g/mol. The molecule has 9 nitrogen and oxygen atoms in total. The maximum absolute atomic E-state index is 12.1. The Morgan fingerprint density at radius 2 is 2.00 bits per heavy atom. The van der Waals surface area contributed by atoms with Gasteiger partial charge in [0.2, 0.25) is 0 Å².